The van der Waals surface area contributed by atoms with Crippen LogP contribution in [0.3, 0.4) is 0 Å². The Morgan fingerprint density at radius 2 is 2.02 bits per heavy atom. The molecule has 12 heteroatoms. The van der Waals surface area contributed by atoms with E-state index in [0.717, 1.165) is 36.8 Å². The Bertz CT molecular complexity index is 1560. The van der Waals surface area contributed by atoms with Crippen LogP contribution < -0.4 is 10.4 Å². The van der Waals surface area contributed by atoms with Gasteiger partial charge in [0.1, 0.15) is 22.0 Å². The van der Waals surface area contributed by atoms with Crippen molar-refractivity contribution >= 4 is 22.6 Å². The van der Waals surface area contributed by atoms with E-state index in [4.69, 9.17) is 44.7 Å². The number of ether oxygens (including phenoxy) is 4. The monoisotopic (exact) mass is 615 g/mol. The van der Waals surface area contributed by atoms with E-state index in [2.05, 4.69) is 24.2 Å². The number of aryl methyl sites for hydroxylation is 2. The molecule has 4 saturated heterocycles. The first-order chi connectivity index (χ1) is 20.7. The molecule has 0 amide bonds. The van der Waals surface area contributed by atoms with Crippen molar-refractivity contribution in [3.05, 3.63) is 51.1 Å². The van der Waals surface area contributed by atoms with Gasteiger partial charge in [-0.15, -0.1) is 5.10 Å². The molecule has 2 aromatic heterocycles. The molecule has 8 rings (SSSR count). The summed E-state index contributed by atoms with van der Waals surface area (Å²) in [6.07, 6.45) is 5.53. The van der Waals surface area contributed by atoms with Crippen molar-refractivity contribution in [1.82, 2.24) is 15.0 Å². The minimum atomic E-state index is -0.813. The number of benzene rings is 1. The van der Waals surface area contributed by atoms with Gasteiger partial charge in [-0.1, -0.05) is 30.7 Å². The molecule has 11 nitrogen and oxygen atoms in total. The molecule has 1 saturated carbocycles. The summed E-state index contributed by atoms with van der Waals surface area (Å²) in [5, 5.41) is 9.44. The molecule has 3 aromatic rings. The number of aromatic nitrogens is 3. The van der Waals surface area contributed by atoms with E-state index in [-0.39, 0.29) is 23.5 Å². The molecule has 0 N–H and O–H groups in total. The predicted molar refractivity (Wildman–Crippen MR) is 154 cm³/mol. The van der Waals surface area contributed by atoms with Crippen LogP contribution in [0.25, 0.3) is 11.0 Å². The molecule has 0 radical (unpaired) electrons. The third-order valence-corrected chi connectivity index (χ3v) is 10.4. The zero-order valence-electron chi connectivity index (χ0n) is 24.9. The molecule has 2 bridgehead atoms. The average Bonchev–Trinajstić information content (AvgIpc) is 3.32. The zero-order valence-corrected chi connectivity index (χ0v) is 25.7. The van der Waals surface area contributed by atoms with E-state index in [1.807, 2.05) is 25.3 Å². The van der Waals surface area contributed by atoms with Crippen molar-refractivity contribution in [1.29, 1.82) is 0 Å². The predicted octanol–water partition coefficient (Wildman–Crippen LogP) is 5.54. The number of fused-ring (bicyclic) bond motifs is 3. The maximum Gasteiger partial charge on any atom is 0.355 e. The van der Waals surface area contributed by atoms with Gasteiger partial charge in [0, 0.05) is 42.7 Å². The van der Waals surface area contributed by atoms with Crippen LogP contribution in [0.5, 0.6) is 5.75 Å². The van der Waals surface area contributed by atoms with E-state index in [1.54, 1.807) is 17.7 Å². The van der Waals surface area contributed by atoms with Crippen LogP contribution >= 0.6 is 11.6 Å². The molecule has 5 aliphatic rings. The van der Waals surface area contributed by atoms with Crippen LogP contribution in [0.4, 0.5) is 0 Å². The lowest BCUT2D eigenvalue weighted by Gasteiger charge is -2.60. The first-order valence-electron chi connectivity index (χ1n) is 15.2. The van der Waals surface area contributed by atoms with Gasteiger partial charge in [-0.25, -0.2) is 14.6 Å². The third-order valence-electron chi connectivity index (χ3n) is 9.95. The Balaban J connectivity index is 0.936. The Morgan fingerprint density at radius 3 is 2.88 bits per heavy atom. The van der Waals surface area contributed by atoms with E-state index in [0.29, 0.717) is 48.3 Å². The molecule has 5 fully saturated rings. The number of rotatable bonds is 8. The number of nitrogens with zero attached hydrogens (tertiary/aromatic N) is 3. The Labute approximate surface area is 254 Å². The van der Waals surface area contributed by atoms with Crippen molar-refractivity contribution < 1.29 is 33.1 Å². The van der Waals surface area contributed by atoms with Crippen LogP contribution in [0.1, 0.15) is 64.1 Å². The lowest BCUT2D eigenvalue weighted by atomic mass is 9.58. The highest BCUT2D eigenvalue weighted by Crippen LogP contribution is 2.60. The Morgan fingerprint density at radius 1 is 1.16 bits per heavy atom. The van der Waals surface area contributed by atoms with Crippen LogP contribution in [0, 0.1) is 30.6 Å². The first kappa shape index (κ1) is 29.2. The van der Waals surface area contributed by atoms with Crippen molar-refractivity contribution in [3.63, 3.8) is 0 Å². The van der Waals surface area contributed by atoms with E-state index in [9.17, 15) is 4.79 Å². The summed E-state index contributed by atoms with van der Waals surface area (Å²) in [6, 6.07) is 5.39. The molecule has 0 unspecified atom stereocenters. The van der Waals surface area contributed by atoms with Gasteiger partial charge in [0.15, 0.2) is 18.2 Å². The first-order valence-corrected chi connectivity index (χ1v) is 15.6. The fourth-order valence-electron chi connectivity index (χ4n) is 7.56. The molecule has 1 aliphatic carbocycles. The summed E-state index contributed by atoms with van der Waals surface area (Å²) in [4.78, 5) is 24.0. The SMILES string of the molecule is Cc1c(Cl)c(=O)oc2cc(OCCCn3cc(CO[C@H]4O[C@@H]5O[C@@]6(C)CC[C@H]7[C@H](C)CC[C@@H]([C@H]4C)[C@@]57OO6)nn3)ccc12. The van der Waals surface area contributed by atoms with Crippen LogP contribution in [0.15, 0.2) is 33.6 Å². The normalized spacial score (nSPS) is 35.1. The molecule has 43 heavy (non-hydrogen) atoms. The molecule has 8 atom stereocenters. The second kappa shape index (κ2) is 11.1. The fraction of sp³-hybridized carbons (Fsp3) is 0.645. The van der Waals surface area contributed by atoms with Gasteiger partial charge >= 0.3 is 5.63 Å². The third kappa shape index (κ3) is 5.07. The topological polar surface area (TPSA) is 116 Å². The average molecular weight is 616 g/mol. The van der Waals surface area contributed by atoms with Crippen molar-refractivity contribution in [3.8, 4) is 5.75 Å². The second-order valence-corrected chi connectivity index (χ2v) is 13.1. The fourth-order valence-corrected chi connectivity index (χ4v) is 7.70. The smallest absolute Gasteiger partial charge is 0.355 e. The van der Waals surface area contributed by atoms with E-state index < -0.39 is 29.6 Å². The summed E-state index contributed by atoms with van der Waals surface area (Å²) in [5.74, 6) is 0.932. The summed E-state index contributed by atoms with van der Waals surface area (Å²) < 4.78 is 32.2. The van der Waals surface area contributed by atoms with Gasteiger partial charge in [0.2, 0.25) is 5.79 Å². The molecule has 6 heterocycles. The number of hydrogen-bond acceptors (Lipinski definition) is 10. The summed E-state index contributed by atoms with van der Waals surface area (Å²) in [7, 11) is 0. The minimum absolute atomic E-state index is 0.0946. The Kier molecular flexibility index (Phi) is 7.55. The molecular formula is C31H38ClN3O8. The quantitative estimate of drug-likeness (QED) is 0.182. The Hall–Kier alpha value is -2.54. The van der Waals surface area contributed by atoms with Gasteiger partial charge in [0.25, 0.3) is 0 Å². The standard InChI is InChI=1S/C31H38ClN3O8/c1-17-6-9-24-19(3)28(40-29-31(24)23(17)10-11-30(4,41-29)42-43-31)38-16-20-15-35(34-33-20)12-5-13-37-21-7-8-22-18(2)26(32)27(36)39-25(22)14-21/h7-8,14-15,17,19,23-24,28-29H,5-6,9-13,16H2,1-4H3/t17-,19-,23+,24+,28+,29-,30-,31-/m1/s1. The highest BCUT2D eigenvalue weighted by atomic mass is 35.5. The van der Waals surface area contributed by atoms with Crippen LogP contribution in [-0.4, -0.2) is 45.6 Å². The van der Waals surface area contributed by atoms with Gasteiger partial charge in [-0.05, 0) is 62.6 Å². The van der Waals surface area contributed by atoms with Gasteiger partial charge < -0.3 is 23.4 Å². The van der Waals surface area contributed by atoms with Crippen molar-refractivity contribution in [2.75, 3.05) is 6.61 Å². The van der Waals surface area contributed by atoms with Gasteiger partial charge in [-0.3, -0.25) is 4.68 Å². The minimum Gasteiger partial charge on any atom is -0.493 e. The molecular weight excluding hydrogens is 578 g/mol. The molecule has 1 spiro atoms. The molecule has 1 aromatic carbocycles. The van der Waals surface area contributed by atoms with Crippen molar-refractivity contribution in [2.24, 2.45) is 23.7 Å². The summed E-state index contributed by atoms with van der Waals surface area (Å²) in [5.41, 5.74) is 0.705. The zero-order chi connectivity index (χ0) is 29.9. The maximum absolute atomic E-state index is 11.9. The lowest BCUT2D eigenvalue weighted by molar-refractivity contribution is -0.577. The lowest BCUT2D eigenvalue weighted by Crippen LogP contribution is -2.70. The van der Waals surface area contributed by atoms with Crippen LogP contribution in [-0.2, 0) is 37.1 Å². The number of halogens is 1. The highest BCUT2D eigenvalue weighted by Gasteiger charge is 2.69. The van der Waals surface area contributed by atoms with E-state index in [1.165, 1.54) is 0 Å². The molecule has 232 valence electrons. The summed E-state index contributed by atoms with van der Waals surface area (Å²) >= 11 is 6.02. The number of hydrogen-bond donors (Lipinski definition) is 0. The van der Waals surface area contributed by atoms with E-state index >= 15 is 0 Å². The second-order valence-electron chi connectivity index (χ2n) is 12.7. The van der Waals surface area contributed by atoms with Crippen molar-refractivity contribution in [2.45, 2.75) is 96.9 Å². The van der Waals surface area contributed by atoms with Gasteiger partial charge in [-0.2, -0.15) is 0 Å². The molecule has 4 aliphatic heterocycles. The van der Waals surface area contributed by atoms with Crippen LogP contribution in [0.2, 0.25) is 5.02 Å². The maximum atomic E-state index is 11.9. The summed E-state index contributed by atoms with van der Waals surface area (Å²) in [6.45, 7) is 9.55. The largest absolute Gasteiger partial charge is 0.493 e. The highest BCUT2D eigenvalue weighted by molar-refractivity contribution is 6.31. The van der Waals surface area contributed by atoms with Gasteiger partial charge in [0.05, 0.1) is 19.4 Å².